The number of pyridine rings is 1. The van der Waals surface area contributed by atoms with Crippen LogP contribution in [-0.4, -0.2) is 17.3 Å². The minimum atomic E-state index is -4.32. The second-order valence-electron chi connectivity index (χ2n) is 3.53. The van der Waals surface area contributed by atoms with Crippen LogP contribution in [0.2, 0.25) is 0 Å². The van der Waals surface area contributed by atoms with Crippen molar-refractivity contribution in [3.63, 3.8) is 0 Å². The predicted molar refractivity (Wildman–Crippen MR) is 58.2 cm³/mol. The van der Waals surface area contributed by atoms with Crippen LogP contribution in [0.25, 0.3) is 0 Å². The highest BCUT2D eigenvalue weighted by molar-refractivity contribution is 7.99. The molecule has 0 amide bonds. The van der Waals surface area contributed by atoms with Gasteiger partial charge in [0.1, 0.15) is 0 Å². The third-order valence-corrected chi connectivity index (χ3v) is 3.25. The van der Waals surface area contributed by atoms with E-state index in [4.69, 9.17) is 5.73 Å². The van der Waals surface area contributed by atoms with Crippen molar-refractivity contribution in [3.8, 4) is 0 Å². The number of aromatic nitrogens is 1. The van der Waals surface area contributed by atoms with E-state index in [1.54, 1.807) is 0 Å². The first kappa shape index (κ1) is 13.3. The normalized spacial score (nSPS) is 13.8. The molecule has 0 saturated carbocycles. The van der Waals surface area contributed by atoms with Crippen LogP contribution in [0.1, 0.15) is 12.5 Å². The molecule has 0 fully saturated rings. The maximum atomic E-state index is 12.2. The Hall–Kier alpha value is -0.750. The van der Waals surface area contributed by atoms with E-state index < -0.39 is 11.7 Å². The van der Waals surface area contributed by atoms with Gasteiger partial charge in [0.2, 0.25) is 0 Å². The summed E-state index contributed by atoms with van der Waals surface area (Å²) >= 11 is 1.41. The van der Waals surface area contributed by atoms with Crippen molar-refractivity contribution in [2.45, 2.75) is 18.1 Å². The number of rotatable bonds is 4. The van der Waals surface area contributed by atoms with Gasteiger partial charge in [0.05, 0.1) is 10.6 Å². The number of thioether (sulfide) groups is 1. The Bertz CT molecular complexity index is 324. The highest BCUT2D eigenvalue weighted by Gasteiger charge is 2.30. The van der Waals surface area contributed by atoms with Crippen LogP contribution in [-0.2, 0) is 6.18 Å². The van der Waals surface area contributed by atoms with Gasteiger partial charge >= 0.3 is 6.18 Å². The molecule has 0 aliphatic carbocycles. The maximum absolute atomic E-state index is 12.2. The molecule has 1 atom stereocenters. The number of nitrogens with zero attached hydrogens (tertiary/aromatic N) is 1. The van der Waals surface area contributed by atoms with Gasteiger partial charge in [0.15, 0.2) is 0 Å². The fraction of sp³-hybridized carbons (Fsp3) is 0.500. The van der Waals surface area contributed by atoms with Crippen LogP contribution in [0.15, 0.2) is 23.4 Å². The van der Waals surface area contributed by atoms with Crippen LogP contribution < -0.4 is 5.73 Å². The smallest absolute Gasteiger partial charge is 0.330 e. The summed E-state index contributed by atoms with van der Waals surface area (Å²) in [5.41, 5.74) is 4.72. The summed E-state index contributed by atoms with van der Waals surface area (Å²) in [4.78, 5) is 3.75. The molecule has 6 heteroatoms. The summed E-state index contributed by atoms with van der Waals surface area (Å²) in [5, 5.41) is 0.591. The van der Waals surface area contributed by atoms with Crippen LogP contribution in [0.3, 0.4) is 0 Å². The average Bonchev–Trinajstić information content (AvgIpc) is 2.25. The Morgan fingerprint density at radius 3 is 2.56 bits per heavy atom. The number of hydrogen-bond donors (Lipinski definition) is 1. The summed E-state index contributed by atoms with van der Waals surface area (Å²) in [6, 6.07) is 2.43. The molecular formula is C10H13F3N2S. The lowest BCUT2D eigenvalue weighted by molar-refractivity contribution is -0.137. The highest BCUT2D eigenvalue weighted by atomic mass is 32.2. The van der Waals surface area contributed by atoms with E-state index in [-0.39, 0.29) is 0 Å². The maximum Gasteiger partial charge on any atom is 0.417 e. The summed E-state index contributed by atoms with van der Waals surface area (Å²) in [7, 11) is 0. The molecular weight excluding hydrogens is 237 g/mol. The van der Waals surface area contributed by atoms with Crippen molar-refractivity contribution in [1.82, 2.24) is 4.98 Å². The van der Waals surface area contributed by atoms with Crippen molar-refractivity contribution >= 4 is 11.8 Å². The standard InChI is InChI=1S/C10H13F3N2S/c1-7(4-14)6-16-9-3-2-8(5-15-9)10(11,12)13/h2-3,5,7H,4,6,14H2,1H3. The number of nitrogens with two attached hydrogens (primary N) is 1. The zero-order chi connectivity index (χ0) is 12.2. The minimum absolute atomic E-state index is 0.328. The average molecular weight is 250 g/mol. The van der Waals surface area contributed by atoms with Crippen LogP contribution in [0.4, 0.5) is 13.2 Å². The Morgan fingerprint density at radius 2 is 2.12 bits per heavy atom. The monoisotopic (exact) mass is 250 g/mol. The van der Waals surface area contributed by atoms with Gasteiger partial charge < -0.3 is 5.73 Å². The molecule has 2 N–H and O–H groups in total. The molecule has 0 saturated heterocycles. The predicted octanol–water partition coefficient (Wildman–Crippen LogP) is 2.79. The van der Waals surface area contributed by atoms with Gasteiger partial charge in [-0.15, -0.1) is 11.8 Å². The van der Waals surface area contributed by atoms with Gasteiger partial charge in [-0.25, -0.2) is 4.98 Å². The zero-order valence-corrected chi connectivity index (χ0v) is 9.61. The SMILES string of the molecule is CC(CN)CSc1ccc(C(F)(F)F)cn1. The molecule has 0 bridgehead atoms. The Labute approximate surface area is 96.4 Å². The molecule has 90 valence electrons. The van der Waals surface area contributed by atoms with Crippen LogP contribution in [0.5, 0.6) is 0 Å². The molecule has 16 heavy (non-hydrogen) atoms. The van der Waals surface area contributed by atoms with Crippen molar-refractivity contribution in [2.75, 3.05) is 12.3 Å². The van der Waals surface area contributed by atoms with Crippen molar-refractivity contribution < 1.29 is 13.2 Å². The molecule has 0 spiro atoms. The lowest BCUT2D eigenvalue weighted by Crippen LogP contribution is -2.12. The van der Waals surface area contributed by atoms with Crippen LogP contribution >= 0.6 is 11.8 Å². The molecule has 0 aromatic carbocycles. The Kier molecular flexibility index (Phi) is 4.61. The lowest BCUT2D eigenvalue weighted by atomic mass is 10.2. The van der Waals surface area contributed by atoms with Gasteiger partial charge in [0, 0.05) is 11.9 Å². The van der Waals surface area contributed by atoms with Gasteiger partial charge in [0.25, 0.3) is 0 Å². The van der Waals surface area contributed by atoms with Gasteiger partial charge in [-0.3, -0.25) is 0 Å². The van der Waals surface area contributed by atoms with Crippen molar-refractivity contribution in [1.29, 1.82) is 0 Å². The van der Waals surface area contributed by atoms with Crippen molar-refractivity contribution in [3.05, 3.63) is 23.9 Å². The molecule has 1 aromatic heterocycles. The third kappa shape index (κ3) is 4.02. The van der Waals surface area contributed by atoms with Gasteiger partial charge in [-0.1, -0.05) is 6.92 Å². The fourth-order valence-electron chi connectivity index (χ4n) is 0.929. The summed E-state index contributed by atoms with van der Waals surface area (Å²) in [5.74, 6) is 1.09. The molecule has 1 aromatic rings. The van der Waals surface area contributed by atoms with E-state index in [9.17, 15) is 13.2 Å². The molecule has 0 aliphatic heterocycles. The van der Waals surface area contributed by atoms with Gasteiger partial charge in [-0.05, 0) is 24.6 Å². The molecule has 2 nitrogen and oxygen atoms in total. The van der Waals surface area contributed by atoms with Gasteiger partial charge in [-0.2, -0.15) is 13.2 Å². The summed E-state index contributed by atoms with van der Waals surface area (Å²) in [6.07, 6.45) is -3.46. The largest absolute Gasteiger partial charge is 0.417 e. The second-order valence-corrected chi connectivity index (χ2v) is 4.58. The van der Waals surface area contributed by atoms with Crippen LogP contribution in [0, 0.1) is 5.92 Å². The Morgan fingerprint density at radius 1 is 1.44 bits per heavy atom. The number of hydrogen-bond acceptors (Lipinski definition) is 3. The fourth-order valence-corrected chi connectivity index (χ4v) is 1.81. The topological polar surface area (TPSA) is 38.9 Å². The molecule has 1 heterocycles. The minimum Gasteiger partial charge on any atom is -0.330 e. The Balaban J connectivity index is 2.58. The summed E-state index contributed by atoms with van der Waals surface area (Å²) in [6.45, 7) is 2.55. The first-order valence-corrected chi connectivity index (χ1v) is 5.78. The van der Waals surface area contributed by atoms with E-state index >= 15 is 0 Å². The third-order valence-electron chi connectivity index (χ3n) is 1.98. The quantitative estimate of drug-likeness (QED) is 0.835. The second kappa shape index (κ2) is 5.54. The summed E-state index contributed by atoms with van der Waals surface area (Å²) < 4.78 is 36.7. The lowest BCUT2D eigenvalue weighted by Gasteiger charge is -2.08. The highest BCUT2D eigenvalue weighted by Crippen LogP contribution is 2.29. The number of alkyl halides is 3. The van der Waals surface area contributed by atoms with E-state index in [2.05, 4.69) is 4.98 Å². The first-order valence-electron chi connectivity index (χ1n) is 4.79. The van der Waals surface area contributed by atoms with Crippen molar-refractivity contribution in [2.24, 2.45) is 11.7 Å². The van der Waals surface area contributed by atoms with E-state index in [0.717, 1.165) is 18.0 Å². The zero-order valence-electron chi connectivity index (χ0n) is 8.79. The molecule has 0 aliphatic rings. The molecule has 1 rings (SSSR count). The first-order chi connectivity index (χ1) is 7.43. The van der Waals surface area contributed by atoms with E-state index in [0.29, 0.717) is 17.5 Å². The molecule has 0 radical (unpaired) electrons. The van der Waals surface area contributed by atoms with E-state index in [1.165, 1.54) is 17.8 Å². The number of halogens is 3. The molecule has 1 unspecified atom stereocenters. The van der Waals surface area contributed by atoms with E-state index in [1.807, 2.05) is 6.92 Å².